The molecule has 0 aliphatic rings. The fourth-order valence-electron chi connectivity index (χ4n) is 1.69. The first-order valence-electron chi connectivity index (χ1n) is 5.94. The van der Waals surface area contributed by atoms with E-state index in [0.29, 0.717) is 18.5 Å². The third-order valence-electron chi connectivity index (χ3n) is 2.75. The van der Waals surface area contributed by atoms with Crippen molar-refractivity contribution in [1.29, 1.82) is 0 Å². The van der Waals surface area contributed by atoms with E-state index in [9.17, 15) is 9.18 Å². The van der Waals surface area contributed by atoms with Gasteiger partial charge in [0.15, 0.2) is 0 Å². The van der Waals surface area contributed by atoms with Crippen LogP contribution in [0.25, 0.3) is 0 Å². The number of carbonyl (C=O) groups is 1. The smallest absolute Gasteiger partial charge is 0.253 e. The van der Waals surface area contributed by atoms with Crippen LogP contribution in [-0.4, -0.2) is 34.4 Å². The van der Waals surface area contributed by atoms with Gasteiger partial charge in [-0.1, -0.05) is 6.07 Å². The number of nitrogens with zero attached hydrogens (tertiary/aromatic N) is 3. The van der Waals surface area contributed by atoms with Crippen LogP contribution in [0, 0.1) is 5.95 Å². The Labute approximate surface area is 110 Å². The normalized spacial score (nSPS) is 10.2. The molecule has 2 heterocycles. The van der Waals surface area contributed by atoms with E-state index < -0.39 is 5.95 Å². The lowest BCUT2D eigenvalue weighted by atomic mass is 10.2. The van der Waals surface area contributed by atoms with Gasteiger partial charge >= 0.3 is 0 Å². The zero-order valence-electron chi connectivity index (χ0n) is 10.6. The van der Waals surface area contributed by atoms with Gasteiger partial charge in [-0.15, -0.1) is 0 Å². The van der Waals surface area contributed by atoms with Gasteiger partial charge in [0.1, 0.15) is 0 Å². The summed E-state index contributed by atoms with van der Waals surface area (Å²) >= 11 is 0. The molecule has 0 fully saturated rings. The molecule has 2 rings (SSSR count). The Bertz CT molecular complexity index is 560. The Kier molecular flexibility index (Phi) is 4.18. The Hall–Kier alpha value is -2.30. The number of likely N-dealkylation sites (N-methyl/N-ethyl adjacent to an activating group) is 1. The second-order valence-electron chi connectivity index (χ2n) is 4.17. The molecule has 0 bridgehead atoms. The van der Waals surface area contributed by atoms with Crippen molar-refractivity contribution < 1.29 is 9.18 Å². The minimum atomic E-state index is -0.649. The van der Waals surface area contributed by atoms with Crippen molar-refractivity contribution in [2.75, 3.05) is 13.6 Å². The predicted molar refractivity (Wildman–Crippen MR) is 69.1 cm³/mol. The summed E-state index contributed by atoms with van der Waals surface area (Å²) in [6, 6.07) is 8.30. The van der Waals surface area contributed by atoms with E-state index in [-0.39, 0.29) is 5.91 Å². The lowest BCUT2D eigenvalue weighted by molar-refractivity contribution is 0.0795. The molecule has 0 saturated heterocycles. The number of rotatable bonds is 4. The van der Waals surface area contributed by atoms with E-state index in [2.05, 4.69) is 9.97 Å². The molecule has 0 aromatic carbocycles. The molecule has 5 heteroatoms. The Morgan fingerprint density at radius 3 is 2.79 bits per heavy atom. The van der Waals surface area contributed by atoms with Gasteiger partial charge in [-0.2, -0.15) is 4.39 Å². The molecule has 1 amide bonds. The fourth-order valence-corrected chi connectivity index (χ4v) is 1.69. The van der Waals surface area contributed by atoms with Crippen LogP contribution in [0.5, 0.6) is 0 Å². The Morgan fingerprint density at radius 2 is 2.11 bits per heavy atom. The molecule has 0 aliphatic heterocycles. The maximum atomic E-state index is 12.9. The van der Waals surface area contributed by atoms with E-state index in [4.69, 9.17) is 0 Å². The van der Waals surface area contributed by atoms with Crippen LogP contribution < -0.4 is 0 Å². The lowest BCUT2D eigenvalue weighted by Gasteiger charge is -2.16. The number of halogens is 1. The largest absolute Gasteiger partial charge is 0.341 e. The van der Waals surface area contributed by atoms with Crippen LogP contribution in [0.3, 0.4) is 0 Å². The maximum absolute atomic E-state index is 12.9. The molecular formula is C14H14FN3O. The van der Waals surface area contributed by atoms with Crippen LogP contribution in [0.4, 0.5) is 4.39 Å². The van der Waals surface area contributed by atoms with Gasteiger partial charge in [0.2, 0.25) is 5.95 Å². The van der Waals surface area contributed by atoms with E-state index >= 15 is 0 Å². The molecule has 0 aliphatic carbocycles. The van der Waals surface area contributed by atoms with E-state index in [1.54, 1.807) is 18.1 Å². The average Bonchev–Trinajstić information content (AvgIpc) is 2.45. The Balaban J connectivity index is 1.96. The van der Waals surface area contributed by atoms with Crippen molar-refractivity contribution in [1.82, 2.24) is 14.9 Å². The van der Waals surface area contributed by atoms with E-state index in [1.165, 1.54) is 12.3 Å². The monoisotopic (exact) mass is 259 g/mol. The van der Waals surface area contributed by atoms with E-state index in [0.717, 1.165) is 11.8 Å². The summed E-state index contributed by atoms with van der Waals surface area (Å²) in [7, 11) is 1.68. The van der Waals surface area contributed by atoms with Crippen LogP contribution in [0.1, 0.15) is 16.1 Å². The second-order valence-corrected chi connectivity index (χ2v) is 4.17. The SMILES string of the molecule is CN(CCc1ccccn1)C(=O)c1ccnc(F)c1. The van der Waals surface area contributed by atoms with E-state index in [1.807, 2.05) is 18.2 Å². The minimum absolute atomic E-state index is 0.225. The van der Waals surface area contributed by atoms with Crippen molar-refractivity contribution >= 4 is 5.91 Å². The fraction of sp³-hybridized carbons (Fsp3) is 0.214. The predicted octanol–water partition coefficient (Wildman–Crippen LogP) is 1.93. The van der Waals surface area contributed by atoms with Crippen LogP contribution in [0.15, 0.2) is 42.7 Å². The van der Waals surface area contributed by atoms with Crippen LogP contribution >= 0.6 is 0 Å². The molecule has 0 atom stereocenters. The van der Waals surface area contributed by atoms with Crippen molar-refractivity contribution in [3.05, 3.63) is 59.9 Å². The highest BCUT2D eigenvalue weighted by atomic mass is 19.1. The molecule has 19 heavy (non-hydrogen) atoms. The first kappa shape index (κ1) is 13.1. The van der Waals surface area contributed by atoms with Crippen LogP contribution in [-0.2, 0) is 6.42 Å². The van der Waals surface area contributed by atoms with Crippen molar-refractivity contribution in [3.63, 3.8) is 0 Å². The average molecular weight is 259 g/mol. The van der Waals surface area contributed by atoms with Crippen molar-refractivity contribution in [2.24, 2.45) is 0 Å². The van der Waals surface area contributed by atoms with Gasteiger partial charge in [-0.05, 0) is 18.2 Å². The molecule has 0 spiro atoms. The molecule has 4 nitrogen and oxygen atoms in total. The molecule has 0 saturated carbocycles. The third-order valence-corrected chi connectivity index (χ3v) is 2.75. The summed E-state index contributed by atoms with van der Waals surface area (Å²) in [6.45, 7) is 0.528. The molecule has 2 aromatic heterocycles. The summed E-state index contributed by atoms with van der Waals surface area (Å²) in [5, 5.41) is 0. The molecule has 2 aromatic rings. The standard InChI is InChI=1S/C14H14FN3O/c1-18(9-6-12-4-2-3-7-16-12)14(19)11-5-8-17-13(15)10-11/h2-5,7-8,10H,6,9H2,1H3. The molecular weight excluding hydrogens is 245 g/mol. The number of hydrogen-bond donors (Lipinski definition) is 0. The van der Waals surface area contributed by atoms with Gasteiger partial charge < -0.3 is 4.90 Å². The lowest BCUT2D eigenvalue weighted by Crippen LogP contribution is -2.29. The first-order chi connectivity index (χ1) is 9.16. The molecule has 0 N–H and O–H groups in total. The summed E-state index contributed by atoms with van der Waals surface area (Å²) in [5.41, 5.74) is 1.22. The van der Waals surface area contributed by atoms with Gasteiger partial charge in [0.25, 0.3) is 5.91 Å². The zero-order chi connectivity index (χ0) is 13.7. The molecule has 0 radical (unpaired) electrons. The summed E-state index contributed by atoms with van der Waals surface area (Å²) in [4.78, 5) is 21.2. The first-order valence-corrected chi connectivity index (χ1v) is 5.94. The van der Waals surface area contributed by atoms with Gasteiger partial charge in [-0.3, -0.25) is 9.78 Å². The number of carbonyl (C=O) groups excluding carboxylic acids is 1. The number of amides is 1. The third kappa shape index (κ3) is 3.58. The van der Waals surface area contributed by atoms with Crippen LogP contribution in [0.2, 0.25) is 0 Å². The molecule has 0 unspecified atom stereocenters. The topological polar surface area (TPSA) is 46.1 Å². The summed E-state index contributed by atoms with van der Waals surface area (Å²) in [5.74, 6) is -0.874. The number of hydrogen-bond acceptors (Lipinski definition) is 3. The zero-order valence-corrected chi connectivity index (χ0v) is 10.6. The minimum Gasteiger partial charge on any atom is -0.341 e. The second kappa shape index (κ2) is 6.04. The highest BCUT2D eigenvalue weighted by molar-refractivity contribution is 5.93. The number of pyridine rings is 2. The highest BCUT2D eigenvalue weighted by Crippen LogP contribution is 2.05. The quantitative estimate of drug-likeness (QED) is 0.788. The number of aromatic nitrogens is 2. The Morgan fingerprint density at radius 1 is 1.26 bits per heavy atom. The van der Waals surface area contributed by atoms with Crippen molar-refractivity contribution in [3.8, 4) is 0 Å². The van der Waals surface area contributed by atoms with Gasteiger partial charge in [0, 0.05) is 49.7 Å². The van der Waals surface area contributed by atoms with Crippen molar-refractivity contribution in [2.45, 2.75) is 6.42 Å². The summed E-state index contributed by atoms with van der Waals surface area (Å²) < 4.78 is 12.9. The van der Waals surface area contributed by atoms with Gasteiger partial charge in [-0.25, -0.2) is 4.98 Å². The molecule has 98 valence electrons. The maximum Gasteiger partial charge on any atom is 0.253 e. The highest BCUT2D eigenvalue weighted by Gasteiger charge is 2.12. The summed E-state index contributed by atoms with van der Waals surface area (Å²) in [6.07, 6.45) is 3.67. The van der Waals surface area contributed by atoms with Gasteiger partial charge in [0.05, 0.1) is 0 Å².